The van der Waals surface area contributed by atoms with E-state index >= 15 is 0 Å². The highest BCUT2D eigenvalue weighted by molar-refractivity contribution is 8.00. The fourth-order valence-corrected chi connectivity index (χ4v) is 12.9. The molecule has 4 aliphatic rings. The summed E-state index contributed by atoms with van der Waals surface area (Å²) in [5.74, 6) is 0. The van der Waals surface area contributed by atoms with Gasteiger partial charge in [-0.2, -0.15) is 0 Å². The highest BCUT2D eigenvalue weighted by atomic mass is 32.2. The molecule has 2 unspecified atom stereocenters. The first-order valence-corrected chi connectivity index (χ1v) is 21.5. The minimum atomic E-state index is -0.469. The summed E-state index contributed by atoms with van der Waals surface area (Å²) in [6.07, 6.45) is 4.88. The molecule has 0 saturated heterocycles. The van der Waals surface area contributed by atoms with Crippen molar-refractivity contribution in [2.75, 3.05) is 0 Å². The van der Waals surface area contributed by atoms with Gasteiger partial charge >= 0.3 is 0 Å². The SMILES string of the molecule is CC1(C)c2ccccc2-c2ccc(-c3cc4c(c5c3c3ccccc3n5-c3cccc(C5(c6ccccc6)c6ccccc6-c6ccccc65)c3)C3C=CC4S3)cc21. The Balaban J connectivity index is 1.11. The van der Waals surface area contributed by atoms with Crippen LogP contribution in [0, 0.1) is 0 Å². The van der Waals surface area contributed by atoms with Crippen molar-refractivity contribution in [3.63, 3.8) is 0 Å². The molecule has 1 nitrogen and oxygen atoms in total. The van der Waals surface area contributed by atoms with Gasteiger partial charge in [-0.05, 0) is 108 Å². The number of para-hydroxylation sites is 1. The first kappa shape index (κ1) is 32.7. The van der Waals surface area contributed by atoms with E-state index in [1.165, 1.54) is 105 Å². The van der Waals surface area contributed by atoms with E-state index in [-0.39, 0.29) is 5.41 Å². The number of aromatic nitrogens is 1. The van der Waals surface area contributed by atoms with E-state index in [2.05, 4.69) is 218 Å². The first-order chi connectivity index (χ1) is 28.5. The molecule has 8 aromatic carbocycles. The number of rotatable bonds is 4. The Morgan fingerprint density at radius 2 is 1.10 bits per heavy atom. The van der Waals surface area contributed by atoms with E-state index < -0.39 is 5.41 Å². The second-order valence-corrected chi connectivity index (χ2v) is 18.3. The maximum absolute atomic E-state index is 2.62. The maximum atomic E-state index is 2.62. The van der Waals surface area contributed by atoms with Crippen molar-refractivity contribution in [1.82, 2.24) is 4.57 Å². The number of hydrogen-bond donors (Lipinski definition) is 0. The normalized spacial score (nSPS) is 18.3. The van der Waals surface area contributed by atoms with Crippen molar-refractivity contribution in [1.29, 1.82) is 0 Å². The summed E-state index contributed by atoms with van der Waals surface area (Å²) in [7, 11) is 0. The number of hydrogen-bond acceptors (Lipinski definition) is 1. The molecule has 0 saturated carbocycles. The maximum Gasteiger partial charge on any atom is 0.0714 e. The Morgan fingerprint density at radius 1 is 0.483 bits per heavy atom. The van der Waals surface area contributed by atoms with Crippen molar-refractivity contribution < 1.29 is 0 Å². The zero-order chi connectivity index (χ0) is 38.3. The number of thioether (sulfide) groups is 1. The van der Waals surface area contributed by atoms with Crippen LogP contribution in [0.4, 0.5) is 0 Å². The van der Waals surface area contributed by atoms with Crippen LogP contribution in [-0.4, -0.2) is 4.57 Å². The van der Waals surface area contributed by atoms with E-state index in [0.29, 0.717) is 10.5 Å². The van der Waals surface area contributed by atoms with Gasteiger partial charge in [0.25, 0.3) is 0 Å². The molecule has 2 aliphatic carbocycles. The summed E-state index contributed by atoms with van der Waals surface area (Å²) in [6.45, 7) is 4.78. The minimum Gasteiger partial charge on any atom is -0.309 e. The molecule has 1 aromatic heterocycles. The van der Waals surface area contributed by atoms with Crippen molar-refractivity contribution in [3.8, 4) is 39.1 Å². The average Bonchev–Trinajstić information content (AvgIpc) is 4.09. The molecular weight excluding hydrogens is 719 g/mol. The standard InChI is InChI=1S/C56H39NS/c1-55(2)45-23-10-6-19-38(45)41-28-27-34(31-48(41)55)43-33-44-50-29-30-51(58-50)53(44)54-52(43)42-22-9-13-26-49(42)57(54)37-18-14-17-36(32-37)56(35-15-4-3-5-16-35)46-24-11-7-20-39(46)40-21-8-12-25-47(40)56/h3-33,50-51H,1-2H3. The summed E-state index contributed by atoms with van der Waals surface area (Å²) in [5, 5.41) is 3.35. The van der Waals surface area contributed by atoms with E-state index in [9.17, 15) is 0 Å². The third-order valence-electron chi connectivity index (χ3n) is 13.9. The fraction of sp³-hybridized carbons (Fsp3) is 0.107. The van der Waals surface area contributed by atoms with Crippen LogP contribution in [0.1, 0.15) is 68.9 Å². The number of benzene rings is 8. The van der Waals surface area contributed by atoms with Gasteiger partial charge in [0.1, 0.15) is 0 Å². The highest BCUT2D eigenvalue weighted by Gasteiger charge is 2.46. The van der Waals surface area contributed by atoms with Gasteiger partial charge in [0.05, 0.1) is 21.7 Å². The molecule has 0 radical (unpaired) electrons. The minimum absolute atomic E-state index is 0.0733. The van der Waals surface area contributed by atoms with Crippen molar-refractivity contribution >= 4 is 33.6 Å². The van der Waals surface area contributed by atoms with Crippen molar-refractivity contribution in [3.05, 3.63) is 233 Å². The van der Waals surface area contributed by atoms with Crippen molar-refractivity contribution in [2.45, 2.75) is 35.2 Å². The molecule has 0 spiro atoms. The smallest absolute Gasteiger partial charge is 0.0714 e. The van der Waals surface area contributed by atoms with Crippen LogP contribution in [-0.2, 0) is 10.8 Å². The molecule has 2 aliphatic heterocycles. The number of nitrogens with zero attached hydrogens (tertiary/aromatic N) is 1. The molecule has 0 fully saturated rings. The fourth-order valence-electron chi connectivity index (χ4n) is 11.5. The lowest BCUT2D eigenvalue weighted by atomic mass is 9.67. The molecule has 2 bridgehead atoms. The Hall–Kier alpha value is -6.35. The summed E-state index contributed by atoms with van der Waals surface area (Å²) in [6, 6.07) is 66.7. The van der Waals surface area contributed by atoms with Crippen molar-refractivity contribution in [2.24, 2.45) is 0 Å². The predicted octanol–water partition coefficient (Wildman–Crippen LogP) is 14.5. The molecule has 3 heterocycles. The second-order valence-electron chi connectivity index (χ2n) is 17.1. The third kappa shape index (κ3) is 4.08. The lowest BCUT2D eigenvalue weighted by molar-refractivity contribution is 0.660. The van der Waals surface area contributed by atoms with Gasteiger partial charge in [-0.3, -0.25) is 0 Å². The van der Waals surface area contributed by atoms with Gasteiger partial charge in [-0.15, -0.1) is 11.8 Å². The Kier molecular flexibility index (Phi) is 6.55. The molecule has 58 heavy (non-hydrogen) atoms. The van der Waals surface area contributed by atoms with Crippen LogP contribution in [0.25, 0.3) is 60.9 Å². The number of fused-ring (bicyclic) bond motifs is 15. The van der Waals surface area contributed by atoms with Gasteiger partial charge in [0.15, 0.2) is 0 Å². The van der Waals surface area contributed by atoms with E-state index in [1.54, 1.807) is 0 Å². The molecule has 2 atom stereocenters. The topological polar surface area (TPSA) is 4.93 Å². The van der Waals surface area contributed by atoms with Crippen LogP contribution in [0.15, 0.2) is 188 Å². The Morgan fingerprint density at radius 3 is 1.88 bits per heavy atom. The van der Waals surface area contributed by atoms with Crippen LogP contribution < -0.4 is 0 Å². The van der Waals surface area contributed by atoms with Gasteiger partial charge < -0.3 is 4.57 Å². The lowest BCUT2D eigenvalue weighted by Gasteiger charge is -2.34. The van der Waals surface area contributed by atoms with Crippen LogP contribution in [0.2, 0.25) is 0 Å². The molecule has 2 heteroatoms. The third-order valence-corrected chi connectivity index (χ3v) is 15.3. The monoisotopic (exact) mass is 757 g/mol. The summed E-state index contributed by atoms with van der Waals surface area (Å²) < 4.78 is 2.62. The summed E-state index contributed by atoms with van der Waals surface area (Å²) >= 11 is 2.08. The average molecular weight is 758 g/mol. The molecule has 274 valence electrons. The molecule has 0 N–H and O–H groups in total. The Labute approximate surface area is 343 Å². The van der Waals surface area contributed by atoms with Crippen LogP contribution in [0.3, 0.4) is 0 Å². The van der Waals surface area contributed by atoms with Gasteiger partial charge in [-0.1, -0.05) is 172 Å². The zero-order valence-electron chi connectivity index (χ0n) is 32.4. The van der Waals surface area contributed by atoms with Gasteiger partial charge in [0.2, 0.25) is 0 Å². The largest absolute Gasteiger partial charge is 0.309 e. The van der Waals surface area contributed by atoms with Gasteiger partial charge in [-0.25, -0.2) is 0 Å². The predicted molar refractivity (Wildman–Crippen MR) is 243 cm³/mol. The quantitative estimate of drug-likeness (QED) is 0.162. The van der Waals surface area contributed by atoms with Crippen LogP contribution >= 0.6 is 11.8 Å². The second kappa shape index (κ2) is 11.6. The summed E-state index contributed by atoms with van der Waals surface area (Å²) in [4.78, 5) is 0. The van der Waals surface area contributed by atoms with E-state index in [4.69, 9.17) is 0 Å². The molecule has 9 aromatic rings. The van der Waals surface area contributed by atoms with E-state index in [1.807, 2.05) is 0 Å². The zero-order valence-corrected chi connectivity index (χ0v) is 33.2. The lowest BCUT2D eigenvalue weighted by Crippen LogP contribution is -2.28. The molecule has 13 rings (SSSR count). The Bertz CT molecular complexity index is 3210. The summed E-state index contributed by atoms with van der Waals surface area (Å²) in [5.41, 5.74) is 22.2. The highest BCUT2D eigenvalue weighted by Crippen LogP contribution is 2.62. The van der Waals surface area contributed by atoms with Gasteiger partial charge in [0, 0.05) is 27.1 Å². The molecule has 0 amide bonds. The van der Waals surface area contributed by atoms with E-state index in [0.717, 1.165) is 0 Å². The molecular formula is C56H39NS. The van der Waals surface area contributed by atoms with Crippen LogP contribution in [0.5, 0.6) is 0 Å². The first-order valence-electron chi connectivity index (χ1n) is 20.6.